The Balaban J connectivity index is 1.85. The molecule has 0 amide bonds. The first-order chi connectivity index (χ1) is 10.6. The monoisotopic (exact) mass is 320 g/mol. The molecule has 6 nitrogen and oxygen atoms in total. The number of hydrogen-bond donors (Lipinski definition) is 1. The molecule has 1 fully saturated rings. The van der Waals surface area contributed by atoms with Gasteiger partial charge >= 0.3 is 0 Å². The molecule has 1 aliphatic heterocycles. The Morgan fingerprint density at radius 1 is 1.23 bits per heavy atom. The van der Waals surface area contributed by atoms with Gasteiger partial charge in [0.1, 0.15) is 4.90 Å². The van der Waals surface area contributed by atoms with Crippen LogP contribution in [0.25, 0.3) is 5.69 Å². The Hall–Kier alpha value is -1.70. The predicted octanol–water partition coefficient (Wildman–Crippen LogP) is 1.24. The van der Waals surface area contributed by atoms with Crippen molar-refractivity contribution < 1.29 is 8.42 Å². The first-order valence-electron chi connectivity index (χ1n) is 7.38. The highest BCUT2D eigenvalue weighted by Gasteiger charge is 2.30. The summed E-state index contributed by atoms with van der Waals surface area (Å²) in [5.74, 6) is 0. The molecule has 2 heterocycles. The molecule has 0 aliphatic carbocycles. The van der Waals surface area contributed by atoms with E-state index < -0.39 is 10.0 Å². The molecular formula is C15H20N4O2S. The van der Waals surface area contributed by atoms with Gasteiger partial charge in [-0.2, -0.15) is 9.40 Å². The molecule has 0 unspecified atom stereocenters. The maximum absolute atomic E-state index is 12.7. The number of rotatable bonds is 4. The van der Waals surface area contributed by atoms with E-state index in [1.54, 1.807) is 17.9 Å². The number of para-hydroxylation sites is 1. The molecule has 22 heavy (non-hydrogen) atoms. The molecule has 1 saturated heterocycles. The van der Waals surface area contributed by atoms with E-state index in [2.05, 4.69) is 10.4 Å². The Morgan fingerprint density at radius 3 is 2.59 bits per heavy atom. The zero-order valence-corrected chi connectivity index (χ0v) is 13.3. The van der Waals surface area contributed by atoms with E-state index in [0.717, 1.165) is 31.6 Å². The van der Waals surface area contributed by atoms with Crippen LogP contribution in [0.5, 0.6) is 0 Å². The van der Waals surface area contributed by atoms with Crippen LogP contribution in [0.15, 0.2) is 47.6 Å². The minimum absolute atomic E-state index is 0.0475. The van der Waals surface area contributed by atoms with Gasteiger partial charge in [0, 0.05) is 13.1 Å². The van der Waals surface area contributed by atoms with Gasteiger partial charge < -0.3 is 5.32 Å². The predicted molar refractivity (Wildman–Crippen MR) is 84.4 cm³/mol. The number of piperidine rings is 1. The standard InChI is InChI=1S/C15H20N4O2S/c1-18(13-7-9-16-10-8-13)22(20,21)15-11-17-19(12-15)14-5-3-2-4-6-14/h2-6,11-13,16H,7-10H2,1H3. The largest absolute Gasteiger partial charge is 0.317 e. The van der Waals surface area contributed by atoms with Crippen LogP contribution < -0.4 is 5.32 Å². The van der Waals surface area contributed by atoms with E-state index >= 15 is 0 Å². The van der Waals surface area contributed by atoms with E-state index in [-0.39, 0.29) is 10.9 Å². The second kappa shape index (κ2) is 6.20. The maximum Gasteiger partial charge on any atom is 0.246 e. The Morgan fingerprint density at radius 2 is 1.91 bits per heavy atom. The van der Waals surface area contributed by atoms with Gasteiger partial charge in [-0.1, -0.05) is 18.2 Å². The van der Waals surface area contributed by atoms with Crippen LogP contribution in [0.3, 0.4) is 0 Å². The summed E-state index contributed by atoms with van der Waals surface area (Å²) >= 11 is 0. The van der Waals surface area contributed by atoms with Crippen molar-refractivity contribution in [1.29, 1.82) is 0 Å². The van der Waals surface area contributed by atoms with E-state index in [1.165, 1.54) is 10.5 Å². The van der Waals surface area contributed by atoms with E-state index in [4.69, 9.17) is 0 Å². The fourth-order valence-corrected chi connectivity index (χ4v) is 4.04. The zero-order valence-electron chi connectivity index (χ0n) is 12.5. The zero-order chi connectivity index (χ0) is 15.6. The molecule has 1 aromatic heterocycles. The molecule has 0 bridgehead atoms. The summed E-state index contributed by atoms with van der Waals surface area (Å²) in [5.41, 5.74) is 0.841. The normalized spacial score (nSPS) is 17.0. The third-order valence-electron chi connectivity index (χ3n) is 4.08. The summed E-state index contributed by atoms with van der Waals surface area (Å²) in [4.78, 5) is 0.234. The lowest BCUT2D eigenvalue weighted by Crippen LogP contribution is -2.43. The SMILES string of the molecule is CN(C1CCNCC1)S(=O)(=O)c1cnn(-c2ccccc2)c1. The smallest absolute Gasteiger partial charge is 0.246 e. The van der Waals surface area contributed by atoms with Crippen LogP contribution in [0.2, 0.25) is 0 Å². The summed E-state index contributed by atoms with van der Waals surface area (Å²) in [5, 5.41) is 7.43. The van der Waals surface area contributed by atoms with Crippen LogP contribution in [-0.4, -0.2) is 48.7 Å². The quantitative estimate of drug-likeness (QED) is 0.920. The number of benzene rings is 1. The highest BCUT2D eigenvalue weighted by atomic mass is 32.2. The van der Waals surface area contributed by atoms with Gasteiger partial charge in [0.15, 0.2) is 0 Å². The van der Waals surface area contributed by atoms with Crippen molar-refractivity contribution in [2.45, 2.75) is 23.8 Å². The van der Waals surface area contributed by atoms with Crippen molar-refractivity contribution in [3.8, 4) is 5.69 Å². The van der Waals surface area contributed by atoms with Crippen LogP contribution >= 0.6 is 0 Å². The first-order valence-corrected chi connectivity index (χ1v) is 8.82. The summed E-state index contributed by atoms with van der Waals surface area (Å²) in [7, 11) is -1.85. The molecule has 118 valence electrons. The minimum Gasteiger partial charge on any atom is -0.317 e. The fraction of sp³-hybridized carbons (Fsp3) is 0.400. The number of hydrogen-bond acceptors (Lipinski definition) is 4. The topological polar surface area (TPSA) is 67.2 Å². The van der Waals surface area contributed by atoms with Gasteiger partial charge in [0.2, 0.25) is 10.0 Å². The molecule has 0 spiro atoms. The van der Waals surface area contributed by atoms with Crippen LogP contribution in [0.4, 0.5) is 0 Å². The second-order valence-corrected chi connectivity index (χ2v) is 7.46. The molecule has 2 aromatic rings. The average Bonchev–Trinajstić information content (AvgIpc) is 3.06. The minimum atomic E-state index is -3.50. The van der Waals surface area contributed by atoms with Gasteiger partial charge in [-0.25, -0.2) is 13.1 Å². The molecule has 1 aliphatic rings. The van der Waals surface area contributed by atoms with Crippen LogP contribution in [0, 0.1) is 0 Å². The Bertz CT molecular complexity index is 721. The fourth-order valence-electron chi connectivity index (χ4n) is 2.69. The summed E-state index contributed by atoms with van der Waals surface area (Å²) < 4.78 is 28.5. The van der Waals surface area contributed by atoms with Gasteiger partial charge in [-0.05, 0) is 38.1 Å². The van der Waals surface area contributed by atoms with Crippen molar-refractivity contribution in [3.05, 3.63) is 42.7 Å². The summed E-state index contributed by atoms with van der Waals surface area (Å²) in [6.07, 6.45) is 4.66. The van der Waals surface area contributed by atoms with E-state index in [0.29, 0.717) is 0 Å². The van der Waals surface area contributed by atoms with Crippen molar-refractivity contribution in [2.24, 2.45) is 0 Å². The number of aromatic nitrogens is 2. The summed E-state index contributed by atoms with van der Waals surface area (Å²) in [6.45, 7) is 1.71. The highest BCUT2D eigenvalue weighted by Crippen LogP contribution is 2.21. The van der Waals surface area contributed by atoms with Crippen LogP contribution in [0.1, 0.15) is 12.8 Å². The molecule has 3 rings (SSSR count). The molecule has 0 saturated carbocycles. The van der Waals surface area contributed by atoms with Crippen molar-refractivity contribution >= 4 is 10.0 Å². The summed E-state index contributed by atoms with van der Waals surface area (Å²) in [6, 6.07) is 9.53. The lowest BCUT2D eigenvalue weighted by atomic mass is 10.1. The number of nitrogens with zero attached hydrogens (tertiary/aromatic N) is 3. The van der Waals surface area contributed by atoms with Gasteiger partial charge in [0.25, 0.3) is 0 Å². The average molecular weight is 320 g/mol. The van der Waals surface area contributed by atoms with Crippen molar-refractivity contribution in [2.75, 3.05) is 20.1 Å². The molecule has 7 heteroatoms. The third-order valence-corrected chi connectivity index (χ3v) is 5.94. The van der Waals surface area contributed by atoms with Crippen molar-refractivity contribution in [1.82, 2.24) is 19.4 Å². The van der Waals surface area contributed by atoms with Crippen LogP contribution in [-0.2, 0) is 10.0 Å². The first kappa shape index (κ1) is 15.2. The Kier molecular flexibility index (Phi) is 4.28. The molecular weight excluding hydrogens is 300 g/mol. The van der Waals surface area contributed by atoms with E-state index in [9.17, 15) is 8.42 Å². The van der Waals surface area contributed by atoms with E-state index in [1.807, 2.05) is 30.3 Å². The van der Waals surface area contributed by atoms with Gasteiger partial charge in [-0.3, -0.25) is 0 Å². The molecule has 1 aromatic carbocycles. The van der Waals surface area contributed by atoms with Gasteiger partial charge in [-0.15, -0.1) is 0 Å². The van der Waals surface area contributed by atoms with Crippen molar-refractivity contribution in [3.63, 3.8) is 0 Å². The lowest BCUT2D eigenvalue weighted by Gasteiger charge is -2.30. The lowest BCUT2D eigenvalue weighted by molar-refractivity contribution is 0.296. The number of sulfonamides is 1. The van der Waals surface area contributed by atoms with Gasteiger partial charge in [0.05, 0.1) is 18.1 Å². The molecule has 1 N–H and O–H groups in total. The molecule has 0 radical (unpaired) electrons. The Labute approximate surface area is 130 Å². The maximum atomic E-state index is 12.7. The second-order valence-electron chi connectivity index (χ2n) is 5.46. The third kappa shape index (κ3) is 2.92. The number of nitrogens with one attached hydrogen (secondary N) is 1. The highest BCUT2D eigenvalue weighted by molar-refractivity contribution is 7.89. The molecule has 0 atom stereocenters.